The van der Waals surface area contributed by atoms with E-state index in [1.165, 1.54) is 24.3 Å². The summed E-state index contributed by atoms with van der Waals surface area (Å²) in [6, 6.07) is 5.28. The Morgan fingerprint density at radius 2 is 1.78 bits per heavy atom. The van der Waals surface area contributed by atoms with Crippen molar-refractivity contribution in [1.82, 2.24) is 0 Å². The quantitative estimate of drug-likeness (QED) is 0.336. The van der Waals surface area contributed by atoms with Gasteiger partial charge in [0.05, 0.1) is 11.3 Å². The van der Waals surface area contributed by atoms with E-state index in [1.54, 1.807) is 0 Å². The van der Waals surface area contributed by atoms with Crippen molar-refractivity contribution in [2.24, 2.45) is 5.92 Å². The summed E-state index contributed by atoms with van der Waals surface area (Å²) in [6.07, 6.45) is 0.231. The molecule has 0 aromatic heterocycles. The molecule has 0 unspecified atom stereocenters. The van der Waals surface area contributed by atoms with Crippen molar-refractivity contribution in [2.75, 3.05) is 0 Å². The minimum absolute atomic E-state index is 0.0694. The zero-order valence-electron chi connectivity index (χ0n) is 10.4. The fourth-order valence-electron chi connectivity index (χ4n) is 1.58. The lowest BCUT2D eigenvalue weighted by molar-refractivity contribution is -0.384. The molecule has 5 nitrogen and oxygen atoms in total. The number of ketones is 2. The second-order valence-corrected chi connectivity index (χ2v) is 4.54. The van der Waals surface area contributed by atoms with E-state index in [2.05, 4.69) is 0 Å². The van der Waals surface area contributed by atoms with Crippen molar-refractivity contribution in [1.29, 1.82) is 0 Å². The van der Waals surface area contributed by atoms with Crippen molar-refractivity contribution in [3.05, 3.63) is 39.9 Å². The summed E-state index contributed by atoms with van der Waals surface area (Å²) in [6.45, 7) is 3.82. The van der Waals surface area contributed by atoms with Gasteiger partial charge >= 0.3 is 0 Å². The highest BCUT2D eigenvalue weighted by molar-refractivity contribution is 6.08. The molecular weight excluding hydrogens is 234 g/mol. The van der Waals surface area contributed by atoms with Gasteiger partial charge in [0.25, 0.3) is 5.69 Å². The summed E-state index contributed by atoms with van der Waals surface area (Å²) in [5.74, 6) is -0.175. The van der Waals surface area contributed by atoms with Crippen LogP contribution in [0.5, 0.6) is 0 Å². The van der Waals surface area contributed by atoms with Gasteiger partial charge in [0.15, 0.2) is 5.78 Å². The number of Topliss-reactive ketones (excluding diaryl/α,β-unsaturated/α-hetero) is 2. The van der Waals surface area contributed by atoms with Crippen molar-refractivity contribution in [3.63, 3.8) is 0 Å². The van der Waals surface area contributed by atoms with Crippen LogP contribution in [-0.2, 0) is 4.79 Å². The molecule has 0 aliphatic heterocycles. The first-order chi connectivity index (χ1) is 8.40. The van der Waals surface area contributed by atoms with Gasteiger partial charge in [0.1, 0.15) is 5.78 Å². The predicted octanol–water partition coefficient (Wildman–Crippen LogP) is 2.78. The van der Waals surface area contributed by atoms with Crippen molar-refractivity contribution in [2.45, 2.75) is 26.7 Å². The zero-order valence-corrected chi connectivity index (χ0v) is 10.4. The Labute approximate surface area is 105 Å². The minimum Gasteiger partial charge on any atom is -0.299 e. The van der Waals surface area contributed by atoms with Crippen LogP contribution < -0.4 is 0 Å². The molecule has 0 atom stereocenters. The number of nitrogens with zero attached hydrogens (tertiary/aromatic N) is 1. The van der Waals surface area contributed by atoms with Crippen LogP contribution in [0.1, 0.15) is 37.0 Å². The molecule has 1 rings (SSSR count). The smallest absolute Gasteiger partial charge is 0.269 e. The number of nitro benzene ring substituents is 1. The van der Waals surface area contributed by atoms with E-state index in [9.17, 15) is 19.7 Å². The molecule has 0 saturated carbocycles. The van der Waals surface area contributed by atoms with E-state index < -0.39 is 4.92 Å². The summed E-state index contributed by atoms with van der Waals surface area (Å²) in [4.78, 5) is 33.1. The first-order valence-corrected chi connectivity index (χ1v) is 5.69. The third kappa shape index (κ3) is 4.08. The van der Waals surface area contributed by atoms with Gasteiger partial charge in [-0.2, -0.15) is 0 Å². The standard InChI is InChI=1S/C13H15NO4/c1-9(2)7-12(15)8-13(16)10-3-5-11(6-4-10)14(17)18/h3-6,9H,7-8H2,1-2H3. The molecule has 0 saturated heterocycles. The van der Waals surface area contributed by atoms with Crippen LogP contribution in [-0.4, -0.2) is 16.5 Å². The number of hydrogen-bond donors (Lipinski definition) is 0. The molecule has 0 aliphatic rings. The highest BCUT2D eigenvalue weighted by Crippen LogP contribution is 2.14. The van der Waals surface area contributed by atoms with Crippen molar-refractivity contribution in [3.8, 4) is 0 Å². The number of carbonyl (C=O) groups is 2. The largest absolute Gasteiger partial charge is 0.299 e. The van der Waals surface area contributed by atoms with Gasteiger partial charge in [-0.05, 0) is 18.1 Å². The molecule has 0 radical (unpaired) electrons. The summed E-state index contributed by atoms with van der Waals surface area (Å²) in [7, 11) is 0. The average Bonchev–Trinajstić information content (AvgIpc) is 2.27. The third-order valence-corrected chi connectivity index (χ3v) is 2.39. The molecule has 0 fully saturated rings. The van der Waals surface area contributed by atoms with Gasteiger partial charge in [-0.1, -0.05) is 13.8 Å². The Kier molecular flexibility index (Phi) is 4.71. The van der Waals surface area contributed by atoms with E-state index in [0.29, 0.717) is 12.0 Å². The lowest BCUT2D eigenvalue weighted by Crippen LogP contribution is -2.10. The predicted molar refractivity (Wildman–Crippen MR) is 66.5 cm³/mol. The summed E-state index contributed by atoms with van der Waals surface area (Å²) >= 11 is 0. The number of non-ortho nitro benzene ring substituents is 1. The van der Waals surface area contributed by atoms with Gasteiger partial charge in [0, 0.05) is 24.1 Å². The maximum Gasteiger partial charge on any atom is 0.269 e. The number of hydrogen-bond acceptors (Lipinski definition) is 4. The van der Waals surface area contributed by atoms with Crippen LogP contribution in [0.4, 0.5) is 5.69 Å². The normalized spacial score (nSPS) is 10.4. The summed E-state index contributed by atoms with van der Waals surface area (Å²) in [5, 5.41) is 10.4. The monoisotopic (exact) mass is 249 g/mol. The topological polar surface area (TPSA) is 77.3 Å². The Bertz CT molecular complexity index is 462. The zero-order chi connectivity index (χ0) is 13.7. The van der Waals surface area contributed by atoms with Crippen LogP contribution in [0.25, 0.3) is 0 Å². The van der Waals surface area contributed by atoms with Gasteiger partial charge in [0.2, 0.25) is 0 Å². The molecule has 1 aromatic carbocycles. The van der Waals surface area contributed by atoms with E-state index in [4.69, 9.17) is 0 Å². The molecule has 0 N–H and O–H groups in total. The first-order valence-electron chi connectivity index (χ1n) is 5.69. The van der Waals surface area contributed by atoms with Crippen molar-refractivity contribution < 1.29 is 14.5 Å². The Morgan fingerprint density at radius 3 is 2.22 bits per heavy atom. The fourth-order valence-corrected chi connectivity index (χ4v) is 1.58. The highest BCUT2D eigenvalue weighted by Gasteiger charge is 2.14. The number of nitro groups is 1. The van der Waals surface area contributed by atoms with Crippen LogP contribution in [0.3, 0.4) is 0 Å². The summed E-state index contributed by atoms with van der Waals surface area (Å²) in [5.41, 5.74) is 0.262. The van der Waals surface area contributed by atoms with Gasteiger partial charge in [-0.25, -0.2) is 0 Å². The van der Waals surface area contributed by atoms with Crippen LogP contribution in [0, 0.1) is 16.0 Å². The summed E-state index contributed by atoms with van der Waals surface area (Å²) < 4.78 is 0. The second kappa shape index (κ2) is 6.05. The number of rotatable bonds is 6. The SMILES string of the molecule is CC(C)CC(=O)CC(=O)c1ccc([N+](=O)[O-])cc1. The molecule has 0 aliphatic carbocycles. The lowest BCUT2D eigenvalue weighted by Gasteiger charge is -2.03. The van der Waals surface area contributed by atoms with E-state index in [-0.39, 0.29) is 29.6 Å². The van der Waals surface area contributed by atoms with Gasteiger partial charge in [-0.15, -0.1) is 0 Å². The highest BCUT2D eigenvalue weighted by atomic mass is 16.6. The molecular formula is C13H15NO4. The van der Waals surface area contributed by atoms with Crippen LogP contribution >= 0.6 is 0 Å². The minimum atomic E-state index is -0.530. The molecule has 1 aromatic rings. The molecule has 0 spiro atoms. The van der Waals surface area contributed by atoms with E-state index >= 15 is 0 Å². The molecule has 0 heterocycles. The Morgan fingerprint density at radius 1 is 1.22 bits per heavy atom. The maximum absolute atomic E-state index is 11.7. The van der Waals surface area contributed by atoms with E-state index in [1.807, 2.05) is 13.8 Å². The lowest BCUT2D eigenvalue weighted by atomic mass is 10.00. The molecule has 0 amide bonds. The maximum atomic E-state index is 11.7. The molecule has 0 bridgehead atoms. The Balaban J connectivity index is 2.67. The molecule has 5 heteroatoms. The van der Waals surface area contributed by atoms with Crippen molar-refractivity contribution >= 4 is 17.3 Å². The molecule has 18 heavy (non-hydrogen) atoms. The van der Waals surface area contributed by atoms with Crippen LogP contribution in [0.15, 0.2) is 24.3 Å². The van der Waals surface area contributed by atoms with E-state index in [0.717, 1.165) is 0 Å². The van der Waals surface area contributed by atoms with Crippen LogP contribution in [0.2, 0.25) is 0 Å². The Hall–Kier alpha value is -2.04. The molecule has 96 valence electrons. The second-order valence-electron chi connectivity index (χ2n) is 4.54. The average molecular weight is 249 g/mol. The van der Waals surface area contributed by atoms with Gasteiger partial charge < -0.3 is 0 Å². The fraction of sp³-hybridized carbons (Fsp3) is 0.385. The van der Waals surface area contributed by atoms with Gasteiger partial charge in [-0.3, -0.25) is 19.7 Å². The third-order valence-electron chi connectivity index (χ3n) is 2.39. The number of benzene rings is 1. The number of carbonyl (C=O) groups excluding carboxylic acids is 2. The first kappa shape index (κ1) is 14.0.